The van der Waals surface area contributed by atoms with E-state index in [0.717, 1.165) is 24.9 Å². The number of urea groups is 1. The van der Waals surface area contributed by atoms with Crippen LogP contribution in [0.25, 0.3) is 0 Å². The van der Waals surface area contributed by atoms with Gasteiger partial charge < -0.3 is 15.1 Å². The molecule has 0 aromatic heterocycles. The molecule has 1 aromatic carbocycles. The molecule has 22 heavy (non-hydrogen) atoms. The van der Waals surface area contributed by atoms with Crippen LogP contribution in [0.3, 0.4) is 0 Å². The van der Waals surface area contributed by atoms with Gasteiger partial charge in [-0.3, -0.25) is 0 Å². The lowest BCUT2D eigenvalue weighted by atomic mass is 9.95. The minimum atomic E-state index is 0.0456. The van der Waals surface area contributed by atoms with Crippen molar-refractivity contribution in [3.05, 3.63) is 35.4 Å². The largest absolute Gasteiger partial charge is 0.334 e. The monoisotopic (exact) mass is 303 g/mol. The van der Waals surface area contributed by atoms with Gasteiger partial charge >= 0.3 is 6.03 Å². The minimum absolute atomic E-state index is 0.0456. The van der Waals surface area contributed by atoms with Gasteiger partial charge in [0.25, 0.3) is 0 Å². The molecule has 1 saturated carbocycles. The normalized spacial score (nSPS) is 15.8. The molecule has 4 heteroatoms. The maximum Gasteiger partial charge on any atom is 0.317 e. The Balaban J connectivity index is 1.80. The van der Waals surface area contributed by atoms with Crippen LogP contribution in [0.2, 0.25) is 0 Å². The second-order valence-corrected chi connectivity index (χ2v) is 6.62. The molecule has 0 atom stereocenters. The van der Waals surface area contributed by atoms with E-state index in [0.29, 0.717) is 12.6 Å². The molecule has 0 saturated heterocycles. The topological polar surface area (TPSA) is 35.6 Å². The van der Waals surface area contributed by atoms with E-state index in [1.165, 1.54) is 24.8 Å². The summed E-state index contributed by atoms with van der Waals surface area (Å²) in [5, 5.41) is 3.03. The molecule has 0 aliphatic heterocycles. The molecular weight excluding hydrogens is 274 g/mol. The molecule has 0 heterocycles. The van der Waals surface area contributed by atoms with Crippen molar-refractivity contribution in [1.82, 2.24) is 15.1 Å². The molecule has 1 aliphatic carbocycles. The summed E-state index contributed by atoms with van der Waals surface area (Å²) in [7, 11) is 6.05. The van der Waals surface area contributed by atoms with E-state index in [9.17, 15) is 4.79 Å². The molecule has 2 amide bonds. The molecular formula is C18H29N3O. The van der Waals surface area contributed by atoms with Gasteiger partial charge in [-0.05, 0) is 38.1 Å². The number of amides is 2. The Kier molecular flexibility index (Phi) is 6.25. The summed E-state index contributed by atoms with van der Waals surface area (Å²) >= 11 is 0. The fourth-order valence-electron chi connectivity index (χ4n) is 3.06. The van der Waals surface area contributed by atoms with Crippen molar-refractivity contribution in [2.45, 2.75) is 51.2 Å². The molecule has 1 aliphatic rings. The zero-order valence-corrected chi connectivity index (χ0v) is 14.1. The summed E-state index contributed by atoms with van der Waals surface area (Å²) in [5.41, 5.74) is 2.44. The summed E-state index contributed by atoms with van der Waals surface area (Å²) in [6.45, 7) is 1.54. The maximum atomic E-state index is 12.2. The molecule has 1 N–H and O–H groups in total. The minimum Gasteiger partial charge on any atom is -0.334 e. The van der Waals surface area contributed by atoms with Crippen molar-refractivity contribution in [3.63, 3.8) is 0 Å². The van der Waals surface area contributed by atoms with Crippen LogP contribution in [0.5, 0.6) is 0 Å². The molecule has 122 valence electrons. The molecule has 1 fully saturated rings. The lowest BCUT2D eigenvalue weighted by Crippen LogP contribution is -2.44. The summed E-state index contributed by atoms with van der Waals surface area (Å²) in [6.07, 6.45) is 6.09. The third kappa shape index (κ3) is 5.02. The Labute approximate surface area is 134 Å². The standard InChI is InChI=1S/C18H29N3O/c1-20(2)14-16-11-9-15(10-12-16)13-19-18(22)21(3)17-7-5-4-6-8-17/h9-12,17H,4-8,13-14H2,1-3H3,(H,19,22). The lowest BCUT2D eigenvalue weighted by Gasteiger charge is -2.31. The molecule has 0 spiro atoms. The number of hydrogen-bond acceptors (Lipinski definition) is 2. The van der Waals surface area contributed by atoms with E-state index >= 15 is 0 Å². The van der Waals surface area contributed by atoms with E-state index < -0.39 is 0 Å². The van der Waals surface area contributed by atoms with Gasteiger partial charge in [0.05, 0.1) is 0 Å². The van der Waals surface area contributed by atoms with Crippen molar-refractivity contribution in [1.29, 1.82) is 0 Å². The first kappa shape index (κ1) is 16.8. The van der Waals surface area contributed by atoms with Crippen molar-refractivity contribution in [2.24, 2.45) is 0 Å². The van der Waals surface area contributed by atoms with E-state index in [1.54, 1.807) is 0 Å². The first-order valence-electron chi connectivity index (χ1n) is 8.29. The van der Waals surface area contributed by atoms with Gasteiger partial charge in [-0.25, -0.2) is 4.79 Å². The Morgan fingerprint density at radius 1 is 1.05 bits per heavy atom. The average molecular weight is 303 g/mol. The number of hydrogen-bond donors (Lipinski definition) is 1. The molecule has 0 radical (unpaired) electrons. The van der Waals surface area contributed by atoms with Gasteiger partial charge in [0.1, 0.15) is 0 Å². The fourth-order valence-corrected chi connectivity index (χ4v) is 3.06. The number of carbonyl (C=O) groups is 1. The van der Waals surface area contributed by atoms with Crippen LogP contribution >= 0.6 is 0 Å². The van der Waals surface area contributed by atoms with Gasteiger partial charge in [-0.2, -0.15) is 0 Å². The van der Waals surface area contributed by atoms with Crippen LogP contribution in [-0.4, -0.2) is 43.0 Å². The molecule has 4 nitrogen and oxygen atoms in total. The summed E-state index contributed by atoms with van der Waals surface area (Å²) in [5.74, 6) is 0. The number of rotatable bonds is 5. The number of benzene rings is 1. The van der Waals surface area contributed by atoms with E-state index in [-0.39, 0.29) is 6.03 Å². The van der Waals surface area contributed by atoms with Crippen LogP contribution in [0.15, 0.2) is 24.3 Å². The van der Waals surface area contributed by atoms with Crippen LogP contribution in [0, 0.1) is 0 Å². The highest BCUT2D eigenvalue weighted by Crippen LogP contribution is 2.21. The quantitative estimate of drug-likeness (QED) is 0.906. The third-order valence-corrected chi connectivity index (χ3v) is 4.41. The second-order valence-electron chi connectivity index (χ2n) is 6.62. The third-order valence-electron chi connectivity index (χ3n) is 4.41. The Morgan fingerprint density at radius 2 is 1.64 bits per heavy atom. The molecule has 0 bridgehead atoms. The molecule has 1 aromatic rings. The first-order valence-corrected chi connectivity index (χ1v) is 8.29. The van der Waals surface area contributed by atoms with E-state index in [2.05, 4.69) is 48.6 Å². The summed E-state index contributed by atoms with van der Waals surface area (Å²) in [4.78, 5) is 16.3. The average Bonchev–Trinajstić information content (AvgIpc) is 2.53. The first-order chi connectivity index (χ1) is 10.6. The predicted molar refractivity (Wildman–Crippen MR) is 90.7 cm³/mol. The van der Waals surface area contributed by atoms with Gasteiger partial charge in [0.15, 0.2) is 0 Å². The highest BCUT2D eigenvalue weighted by atomic mass is 16.2. The van der Waals surface area contributed by atoms with Crippen LogP contribution < -0.4 is 5.32 Å². The second kappa shape index (κ2) is 8.18. The van der Waals surface area contributed by atoms with E-state index in [4.69, 9.17) is 0 Å². The fraction of sp³-hybridized carbons (Fsp3) is 0.611. The van der Waals surface area contributed by atoms with Crippen molar-refractivity contribution >= 4 is 6.03 Å². The Bertz CT molecular complexity index is 464. The number of nitrogens with zero attached hydrogens (tertiary/aromatic N) is 2. The van der Waals surface area contributed by atoms with Crippen LogP contribution in [0.1, 0.15) is 43.2 Å². The van der Waals surface area contributed by atoms with E-state index in [1.807, 2.05) is 11.9 Å². The predicted octanol–water partition coefficient (Wildman–Crippen LogP) is 3.22. The molecule has 2 rings (SSSR count). The van der Waals surface area contributed by atoms with Gasteiger partial charge in [0, 0.05) is 26.2 Å². The summed E-state index contributed by atoms with van der Waals surface area (Å²) < 4.78 is 0. The van der Waals surface area contributed by atoms with Crippen molar-refractivity contribution in [2.75, 3.05) is 21.1 Å². The molecule has 0 unspecified atom stereocenters. The summed E-state index contributed by atoms with van der Waals surface area (Å²) in [6, 6.07) is 8.92. The highest BCUT2D eigenvalue weighted by Gasteiger charge is 2.21. The zero-order valence-electron chi connectivity index (χ0n) is 14.1. The maximum absolute atomic E-state index is 12.2. The van der Waals surface area contributed by atoms with Gasteiger partial charge in [-0.15, -0.1) is 0 Å². The number of nitrogens with one attached hydrogen (secondary N) is 1. The van der Waals surface area contributed by atoms with Crippen LogP contribution in [0.4, 0.5) is 4.79 Å². The lowest BCUT2D eigenvalue weighted by molar-refractivity contribution is 0.173. The number of carbonyl (C=O) groups excluding carboxylic acids is 1. The Morgan fingerprint density at radius 3 is 2.23 bits per heavy atom. The van der Waals surface area contributed by atoms with Gasteiger partial charge in [0.2, 0.25) is 0 Å². The van der Waals surface area contributed by atoms with Crippen molar-refractivity contribution in [3.8, 4) is 0 Å². The van der Waals surface area contributed by atoms with Gasteiger partial charge in [-0.1, -0.05) is 43.5 Å². The Hall–Kier alpha value is -1.55. The van der Waals surface area contributed by atoms with Crippen molar-refractivity contribution < 1.29 is 4.79 Å². The smallest absolute Gasteiger partial charge is 0.317 e. The SMILES string of the molecule is CN(C)Cc1ccc(CNC(=O)N(C)C2CCCCC2)cc1. The van der Waals surface area contributed by atoms with Crippen LogP contribution in [-0.2, 0) is 13.1 Å². The zero-order chi connectivity index (χ0) is 15.9. The highest BCUT2D eigenvalue weighted by molar-refractivity contribution is 5.74.